The van der Waals surface area contributed by atoms with E-state index in [1.54, 1.807) is 30.3 Å². The second-order valence-electron chi connectivity index (χ2n) is 8.21. The molecule has 0 atom stereocenters. The van der Waals surface area contributed by atoms with E-state index in [2.05, 4.69) is 26.5 Å². The molecule has 40 heavy (non-hydrogen) atoms. The van der Waals surface area contributed by atoms with Gasteiger partial charge in [-0.15, -0.1) is 0 Å². The predicted octanol–water partition coefficient (Wildman–Crippen LogP) is 7.28. The lowest BCUT2D eigenvalue weighted by Crippen LogP contribution is -2.37. The van der Waals surface area contributed by atoms with E-state index in [0.717, 1.165) is 17.7 Å². The first-order valence-electron chi connectivity index (χ1n) is 11.5. The number of alkyl halides is 3. The van der Waals surface area contributed by atoms with Crippen LogP contribution in [0.15, 0.2) is 85.1 Å². The number of rotatable bonds is 8. The van der Waals surface area contributed by atoms with Crippen LogP contribution >= 0.6 is 23.2 Å². The molecule has 1 aromatic heterocycles. The highest BCUT2D eigenvalue weighted by Crippen LogP contribution is 2.36. The number of hydrazine groups is 1. The van der Waals surface area contributed by atoms with Crippen molar-refractivity contribution in [2.45, 2.75) is 12.7 Å². The zero-order valence-corrected chi connectivity index (χ0v) is 21.9. The number of hydrogen-bond acceptors (Lipinski definition) is 5. The molecule has 0 saturated heterocycles. The third-order valence-corrected chi connectivity index (χ3v) is 5.83. The fourth-order valence-corrected chi connectivity index (χ4v) is 3.70. The number of amides is 3. The van der Waals surface area contributed by atoms with Gasteiger partial charge in [-0.2, -0.15) is 13.2 Å². The summed E-state index contributed by atoms with van der Waals surface area (Å²) in [5.41, 5.74) is 5.64. The summed E-state index contributed by atoms with van der Waals surface area (Å²) in [5, 5.41) is 4.99. The number of halogens is 5. The number of anilines is 2. The van der Waals surface area contributed by atoms with Gasteiger partial charge in [0.2, 0.25) is 0 Å². The number of carbonyl (C=O) groups excluding carboxylic acids is 2. The van der Waals surface area contributed by atoms with Crippen LogP contribution in [0.2, 0.25) is 10.0 Å². The lowest BCUT2D eigenvalue weighted by molar-refractivity contribution is -0.137. The summed E-state index contributed by atoms with van der Waals surface area (Å²) in [6.07, 6.45) is -3.24. The fourth-order valence-electron chi connectivity index (χ4n) is 3.35. The summed E-state index contributed by atoms with van der Waals surface area (Å²) in [6, 6.07) is 18.7. The van der Waals surface area contributed by atoms with Gasteiger partial charge in [-0.1, -0.05) is 35.3 Å². The highest BCUT2D eigenvalue weighted by atomic mass is 35.5. The maximum Gasteiger partial charge on any atom is 0.417 e. The SMILES string of the molecule is O=C(Nc1ccc(Oc2ccnc(C(=O)NNCc3ccc(Cl)cc3)c2)cc1)Nc1ccc(Cl)c(C(F)(F)F)c1. The topological polar surface area (TPSA) is 104 Å². The van der Waals surface area contributed by atoms with Crippen LogP contribution in [-0.2, 0) is 12.7 Å². The molecule has 8 nitrogen and oxygen atoms in total. The third-order valence-electron chi connectivity index (χ3n) is 5.25. The monoisotopic (exact) mass is 589 g/mol. The van der Waals surface area contributed by atoms with Gasteiger partial charge in [0.25, 0.3) is 5.91 Å². The van der Waals surface area contributed by atoms with Gasteiger partial charge in [0, 0.05) is 35.2 Å². The van der Waals surface area contributed by atoms with E-state index in [0.29, 0.717) is 28.8 Å². The van der Waals surface area contributed by atoms with E-state index >= 15 is 0 Å². The Bertz CT molecular complexity index is 1500. The summed E-state index contributed by atoms with van der Waals surface area (Å²) in [7, 11) is 0. The lowest BCUT2D eigenvalue weighted by atomic mass is 10.2. The Kier molecular flexibility index (Phi) is 9.10. The van der Waals surface area contributed by atoms with E-state index in [9.17, 15) is 22.8 Å². The molecule has 0 aliphatic heterocycles. The Balaban J connectivity index is 1.30. The zero-order valence-electron chi connectivity index (χ0n) is 20.4. The molecule has 4 aromatic rings. The number of pyridine rings is 1. The Morgan fingerprint density at radius 1 is 0.825 bits per heavy atom. The van der Waals surface area contributed by atoms with Crippen LogP contribution in [0.3, 0.4) is 0 Å². The van der Waals surface area contributed by atoms with Gasteiger partial charge in [-0.3, -0.25) is 15.2 Å². The number of hydrogen-bond donors (Lipinski definition) is 4. The molecule has 4 N–H and O–H groups in total. The number of carbonyl (C=O) groups is 2. The summed E-state index contributed by atoms with van der Waals surface area (Å²) in [6.45, 7) is 0.381. The molecule has 0 aliphatic carbocycles. The van der Waals surface area contributed by atoms with Gasteiger partial charge >= 0.3 is 12.2 Å². The first kappa shape index (κ1) is 28.7. The molecule has 0 bridgehead atoms. The van der Waals surface area contributed by atoms with Gasteiger partial charge in [0.1, 0.15) is 17.2 Å². The second kappa shape index (κ2) is 12.7. The van der Waals surface area contributed by atoms with Crippen LogP contribution in [0.1, 0.15) is 21.6 Å². The molecule has 0 radical (unpaired) electrons. The van der Waals surface area contributed by atoms with Crippen LogP contribution < -0.4 is 26.2 Å². The van der Waals surface area contributed by atoms with E-state index in [1.807, 2.05) is 12.1 Å². The van der Waals surface area contributed by atoms with Crippen molar-refractivity contribution in [1.29, 1.82) is 0 Å². The largest absolute Gasteiger partial charge is 0.457 e. The normalized spacial score (nSPS) is 11.0. The molecule has 4 rings (SSSR count). The van der Waals surface area contributed by atoms with E-state index in [4.69, 9.17) is 27.9 Å². The van der Waals surface area contributed by atoms with Gasteiger partial charge in [-0.05, 0) is 66.2 Å². The van der Waals surface area contributed by atoms with Crippen LogP contribution in [0, 0.1) is 0 Å². The van der Waals surface area contributed by atoms with E-state index in [1.165, 1.54) is 30.5 Å². The Morgan fingerprint density at radius 2 is 1.50 bits per heavy atom. The molecule has 1 heterocycles. The Hall–Kier alpha value is -4.32. The second-order valence-corrected chi connectivity index (χ2v) is 9.05. The van der Waals surface area contributed by atoms with E-state index in [-0.39, 0.29) is 11.4 Å². The molecule has 3 aromatic carbocycles. The van der Waals surface area contributed by atoms with Crippen LogP contribution in [0.4, 0.5) is 29.3 Å². The van der Waals surface area contributed by atoms with Gasteiger partial charge < -0.3 is 15.4 Å². The summed E-state index contributed by atoms with van der Waals surface area (Å²) in [4.78, 5) is 28.7. The minimum atomic E-state index is -4.66. The molecule has 0 spiro atoms. The van der Waals surface area contributed by atoms with Gasteiger partial charge in [-0.25, -0.2) is 10.2 Å². The molecule has 0 aliphatic rings. The van der Waals surface area contributed by atoms with Crippen molar-refractivity contribution in [2.75, 3.05) is 10.6 Å². The lowest BCUT2D eigenvalue weighted by Gasteiger charge is -2.13. The van der Waals surface area contributed by atoms with Crippen LogP contribution in [0.25, 0.3) is 0 Å². The Labute approximate surface area is 236 Å². The molecule has 0 saturated carbocycles. The minimum Gasteiger partial charge on any atom is -0.457 e. The maximum absolute atomic E-state index is 13.0. The first-order chi connectivity index (χ1) is 19.1. The molecule has 0 fully saturated rings. The molecular formula is C27H20Cl2F3N5O3. The molecule has 0 unspecified atom stereocenters. The molecular weight excluding hydrogens is 570 g/mol. The van der Waals surface area contributed by atoms with Crippen molar-refractivity contribution in [3.05, 3.63) is 112 Å². The van der Waals surface area contributed by atoms with Gasteiger partial charge in [0.15, 0.2) is 0 Å². The number of aromatic nitrogens is 1. The number of nitrogens with zero attached hydrogens (tertiary/aromatic N) is 1. The maximum atomic E-state index is 13.0. The van der Waals surface area contributed by atoms with Crippen molar-refractivity contribution in [3.63, 3.8) is 0 Å². The molecule has 13 heteroatoms. The fraction of sp³-hybridized carbons (Fsp3) is 0.0741. The number of benzene rings is 3. The predicted molar refractivity (Wildman–Crippen MR) is 146 cm³/mol. The van der Waals surface area contributed by atoms with Crippen LogP contribution in [-0.4, -0.2) is 16.9 Å². The van der Waals surface area contributed by atoms with Crippen molar-refractivity contribution < 1.29 is 27.5 Å². The van der Waals surface area contributed by atoms with Gasteiger partial charge in [0.05, 0.1) is 10.6 Å². The average molecular weight is 590 g/mol. The summed E-state index contributed by atoms with van der Waals surface area (Å²) < 4.78 is 44.9. The quantitative estimate of drug-likeness (QED) is 0.162. The number of ether oxygens (including phenoxy) is 1. The number of nitrogens with one attached hydrogen (secondary N) is 4. The summed E-state index contributed by atoms with van der Waals surface area (Å²) in [5.74, 6) is 0.282. The van der Waals surface area contributed by atoms with Crippen LogP contribution in [0.5, 0.6) is 11.5 Å². The minimum absolute atomic E-state index is 0.0770. The average Bonchev–Trinajstić information content (AvgIpc) is 2.91. The van der Waals surface area contributed by atoms with E-state index < -0.39 is 28.7 Å². The van der Waals surface area contributed by atoms with Crippen molar-refractivity contribution in [2.24, 2.45) is 0 Å². The zero-order chi connectivity index (χ0) is 28.7. The third kappa shape index (κ3) is 8.09. The van der Waals surface area contributed by atoms with Crippen molar-refractivity contribution in [3.8, 4) is 11.5 Å². The summed E-state index contributed by atoms with van der Waals surface area (Å²) >= 11 is 11.5. The molecule has 3 amide bonds. The Morgan fingerprint density at radius 3 is 2.20 bits per heavy atom. The van der Waals surface area contributed by atoms with Crippen molar-refractivity contribution >= 4 is 46.5 Å². The highest BCUT2D eigenvalue weighted by Gasteiger charge is 2.33. The highest BCUT2D eigenvalue weighted by molar-refractivity contribution is 6.31. The first-order valence-corrected chi connectivity index (χ1v) is 12.3. The molecule has 206 valence electrons. The smallest absolute Gasteiger partial charge is 0.417 e. The number of urea groups is 1. The standard InChI is InChI=1S/C27H20Cl2F3N5O3/c28-17-3-1-16(2-4-17)15-34-37-25(38)24-14-21(11-12-33-24)40-20-8-5-18(6-9-20)35-26(39)36-19-7-10-23(29)22(13-19)27(30,31)32/h1-14,34H,15H2,(H,37,38)(H2,35,36,39). The van der Waals surface area contributed by atoms with Crippen molar-refractivity contribution in [1.82, 2.24) is 15.8 Å².